The van der Waals surface area contributed by atoms with Gasteiger partial charge in [0.1, 0.15) is 17.1 Å². The summed E-state index contributed by atoms with van der Waals surface area (Å²) in [7, 11) is 3.02. The number of methoxy groups -OCH3 is 2. The quantitative estimate of drug-likeness (QED) is 0.514. The Bertz CT molecular complexity index is 1120. The van der Waals surface area contributed by atoms with Gasteiger partial charge in [0, 0.05) is 11.6 Å². The van der Waals surface area contributed by atoms with E-state index in [4.69, 9.17) is 14.2 Å². The van der Waals surface area contributed by atoms with Crippen molar-refractivity contribution in [3.63, 3.8) is 0 Å². The van der Waals surface area contributed by atoms with Gasteiger partial charge in [0.15, 0.2) is 0 Å². The molecule has 2 saturated heterocycles. The van der Waals surface area contributed by atoms with Crippen LogP contribution in [0.1, 0.15) is 15.9 Å². The standard InChI is InChI=1S/C25H24N2O6/c1-31-17-10-16(11-18(12-17)32-2)22(28)26-14-25-9-8-19(33-25)20-21(25)24(30)27(23(20)29)13-15-6-4-3-5-7-15/h3-12,19-21H,13-14H2,1-2H3,(H,26,28)/t19-,20-,21-,25-/m1/s1. The minimum absolute atomic E-state index is 0.0672. The summed E-state index contributed by atoms with van der Waals surface area (Å²) < 4.78 is 16.6. The van der Waals surface area contributed by atoms with E-state index in [1.54, 1.807) is 18.2 Å². The number of rotatable bonds is 7. The van der Waals surface area contributed by atoms with Gasteiger partial charge >= 0.3 is 0 Å². The number of nitrogens with zero attached hydrogens (tertiary/aromatic N) is 1. The van der Waals surface area contributed by atoms with Crippen LogP contribution in [-0.4, -0.2) is 55.1 Å². The Hall–Kier alpha value is -3.65. The first-order valence-electron chi connectivity index (χ1n) is 10.7. The number of hydrogen-bond donors (Lipinski definition) is 1. The lowest BCUT2D eigenvalue weighted by atomic mass is 9.77. The van der Waals surface area contributed by atoms with E-state index in [9.17, 15) is 14.4 Å². The van der Waals surface area contributed by atoms with Crippen molar-refractivity contribution in [2.75, 3.05) is 20.8 Å². The summed E-state index contributed by atoms with van der Waals surface area (Å²) in [6, 6.07) is 14.3. The Morgan fingerprint density at radius 2 is 1.76 bits per heavy atom. The van der Waals surface area contributed by atoms with E-state index in [1.807, 2.05) is 42.5 Å². The average molecular weight is 448 g/mol. The number of imide groups is 1. The topological polar surface area (TPSA) is 94.2 Å². The van der Waals surface area contributed by atoms with Gasteiger partial charge in [-0.2, -0.15) is 0 Å². The lowest BCUT2D eigenvalue weighted by molar-refractivity contribution is -0.144. The van der Waals surface area contributed by atoms with Gasteiger partial charge in [-0.15, -0.1) is 0 Å². The van der Waals surface area contributed by atoms with Gasteiger partial charge in [-0.25, -0.2) is 0 Å². The highest BCUT2D eigenvalue weighted by Crippen LogP contribution is 2.51. The van der Waals surface area contributed by atoms with Crippen LogP contribution in [0.15, 0.2) is 60.7 Å². The molecule has 5 rings (SSSR count). The van der Waals surface area contributed by atoms with Gasteiger partial charge in [-0.3, -0.25) is 19.3 Å². The molecular weight excluding hydrogens is 424 g/mol. The molecule has 0 aromatic heterocycles. The van der Waals surface area contributed by atoms with Crippen molar-refractivity contribution < 1.29 is 28.6 Å². The van der Waals surface area contributed by atoms with Gasteiger partial charge in [0.05, 0.1) is 45.2 Å². The average Bonchev–Trinajstić information content (AvgIpc) is 3.49. The predicted molar refractivity (Wildman–Crippen MR) is 118 cm³/mol. The zero-order chi connectivity index (χ0) is 23.2. The number of likely N-dealkylation sites (tertiary alicyclic amines) is 1. The number of hydrogen-bond acceptors (Lipinski definition) is 6. The maximum atomic E-state index is 13.3. The van der Waals surface area contributed by atoms with E-state index in [1.165, 1.54) is 19.1 Å². The molecule has 0 spiro atoms. The fourth-order valence-electron chi connectivity index (χ4n) is 4.95. The summed E-state index contributed by atoms with van der Waals surface area (Å²) in [5.41, 5.74) is 0.191. The molecule has 4 atom stereocenters. The molecule has 0 aliphatic carbocycles. The first kappa shape index (κ1) is 21.2. The first-order valence-corrected chi connectivity index (χ1v) is 10.7. The van der Waals surface area contributed by atoms with E-state index < -0.39 is 23.5 Å². The van der Waals surface area contributed by atoms with E-state index in [2.05, 4.69) is 5.32 Å². The van der Waals surface area contributed by atoms with Gasteiger partial charge < -0.3 is 19.5 Å². The first-order chi connectivity index (χ1) is 16.0. The summed E-state index contributed by atoms with van der Waals surface area (Å²) in [6.07, 6.45) is 3.16. The second kappa shape index (κ2) is 8.04. The van der Waals surface area contributed by atoms with Gasteiger partial charge in [-0.05, 0) is 17.7 Å². The Morgan fingerprint density at radius 3 is 2.42 bits per heavy atom. The van der Waals surface area contributed by atoms with Crippen LogP contribution in [0, 0.1) is 11.8 Å². The molecule has 0 radical (unpaired) electrons. The summed E-state index contributed by atoms with van der Waals surface area (Å²) in [5, 5.41) is 2.87. The number of nitrogens with one attached hydrogen (secondary N) is 1. The van der Waals surface area contributed by atoms with E-state index in [0.717, 1.165) is 5.56 Å². The van der Waals surface area contributed by atoms with Gasteiger partial charge in [0.2, 0.25) is 11.8 Å². The monoisotopic (exact) mass is 448 g/mol. The third-order valence-electron chi connectivity index (χ3n) is 6.57. The fourth-order valence-corrected chi connectivity index (χ4v) is 4.95. The van der Waals surface area contributed by atoms with Crippen LogP contribution in [0.5, 0.6) is 11.5 Å². The molecule has 170 valence electrons. The molecule has 0 unspecified atom stereocenters. The number of benzene rings is 2. The lowest BCUT2D eigenvalue weighted by Gasteiger charge is -2.29. The molecule has 8 nitrogen and oxygen atoms in total. The maximum Gasteiger partial charge on any atom is 0.251 e. The zero-order valence-electron chi connectivity index (χ0n) is 18.3. The second-order valence-electron chi connectivity index (χ2n) is 8.43. The molecule has 3 aliphatic rings. The van der Waals surface area contributed by atoms with Crippen LogP contribution >= 0.6 is 0 Å². The Morgan fingerprint density at radius 1 is 1.06 bits per heavy atom. The highest BCUT2D eigenvalue weighted by atomic mass is 16.5. The van der Waals surface area contributed by atoms with Crippen molar-refractivity contribution in [2.45, 2.75) is 18.2 Å². The van der Waals surface area contributed by atoms with Crippen LogP contribution in [0.3, 0.4) is 0 Å². The summed E-state index contributed by atoms with van der Waals surface area (Å²) >= 11 is 0. The Kier molecular flexibility index (Phi) is 5.17. The van der Waals surface area contributed by atoms with Crippen LogP contribution in [0.25, 0.3) is 0 Å². The van der Waals surface area contributed by atoms with Crippen molar-refractivity contribution in [1.29, 1.82) is 0 Å². The molecule has 2 aromatic carbocycles. The molecule has 0 saturated carbocycles. The Balaban J connectivity index is 1.34. The van der Waals surface area contributed by atoms with Crippen molar-refractivity contribution >= 4 is 17.7 Å². The van der Waals surface area contributed by atoms with Crippen molar-refractivity contribution in [1.82, 2.24) is 10.2 Å². The van der Waals surface area contributed by atoms with Crippen LogP contribution in [0.2, 0.25) is 0 Å². The normalized spacial score (nSPS) is 27.1. The second-order valence-corrected chi connectivity index (χ2v) is 8.43. The van der Waals surface area contributed by atoms with Gasteiger partial charge in [-0.1, -0.05) is 42.5 Å². The minimum Gasteiger partial charge on any atom is -0.497 e. The molecule has 8 heteroatoms. The fraction of sp³-hybridized carbons (Fsp3) is 0.320. The summed E-state index contributed by atoms with van der Waals surface area (Å²) in [6.45, 7) is 0.294. The zero-order valence-corrected chi connectivity index (χ0v) is 18.3. The van der Waals surface area contributed by atoms with Crippen molar-refractivity contribution in [3.05, 3.63) is 71.8 Å². The number of fused-ring (bicyclic) bond motifs is 5. The molecule has 3 heterocycles. The number of carbonyl (C=O) groups excluding carboxylic acids is 3. The Labute approximate surface area is 191 Å². The molecule has 2 aromatic rings. The number of carbonyl (C=O) groups is 3. The number of amides is 3. The van der Waals surface area contributed by atoms with Crippen LogP contribution < -0.4 is 14.8 Å². The van der Waals surface area contributed by atoms with E-state index >= 15 is 0 Å². The molecule has 33 heavy (non-hydrogen) atoms. The molecule has 2 bridgehead atoms. The summed E-state index contributed by atoms with van der Waals surface area (Å²) in [5.74, 6) is -1.10. The van der Waals surface area contributed by atoms with Crippen molar-refractivity contribution in [2.24, 2.45) is 11.8 Å². The highest BCUT2D eigenvalue weighted by Gasteiger charge is 2.67. The van der Waals surface area contributed by atoms with Crippen LogP contribution in [-0.2, 0) is 20.9 Å². The van der Waals surface area contributed by atoms with Gasteiger partial charge in [0.25, 0.3) is 5.91 Å². The molecule has 3 aliphatic heterocycles. The SMILES string of the molecule is COc1cc(OC)cc(C(=O)NC[C@@]23C=C[C@@H](O2)[C@H]2C(=O)N(Cc4ccccc4)C(=O)[C@@H]23)c1. The van der Waals surface area contributed by atoms with E-state index in [-0.39, 0.29) is 30.8 Å². The third kappa shape index (κ3) is 3.47. The summed E-state index contributed by atoms with van der Waals surface area (Å²) in [4.78, 5) is 40.6. The van der Waals surface area contributed by atoms with Crippen molar-refractivity contribution in [3.8, 4) is 11.5 Å². The smallest absolute Gasteiger partial charge is 0.251 e. The van der Waals surface area contributed by atoms with Crippen LogP contribution in [0.4, 0.5) is 0 Å². The number of ether oxygens (including phenoxy) is 3. The molecule has 2 fully saturated rings. The largest absolute Gasteiger partial charge is 0.497 e. The molecule has 1 N–H and O–H groups in total. The molecule has 3 amide bonds. The highest BCUT2D eigenvalue weighted by molar-refractivity contribution is 6.07. The lowest BCUT2D eigenvalue weighted by Crippen LogP contribution is -2.48. The third-order valence-corrected chi connectivity index (χ3v) is 6.57. The molecular formula is C25H24N2O6. The minimum atomic E-state index is -1.05. The predicted octanol–water partition coefficient (Wildman–Crippen LogP) is 1.94. The van der Waals surface area contributed by atoms with E-state index in [0.29, 0.717) is 17.1 Å². The maximum absolute atomic E-state index is 13.3.